The van der Waals surface area contributed by atoms with Gasteiger partial charge >= 0.3 is 0 Å². The second-order valence-corrected chi connectivity index (χ2v) is 3.71. The first-order chi connectivity index (χ1) is 8.20. The highest BCUT2D eigenvalue weighted by Gasteiger charge is 2.24. The molecule has 1 atom stereocenters. The van der Waals surface area contributed by atoms with Gasteiger partial charge in [0.1, 0.15) is 18.5 Å². The molecule has 92 valence electrons. The van der Waals surface area contributed by atoms with Crippen molar-refractivity contribution in [2.24, 2.45) is 0 Å². The maximum absolute atomic E-state index is 13.3. The normalized spacial score (nSPS) is 17.9. The average molecular weight is 241 g/mol. The zero-order chi connectivity index (χ0) is 12.3. The minimum absolute atomic E-state index is 0.0219. The summed E-state index contributed by atoms with van der Waals surface area (Å²) < 4.78 is 36.9. The molecule has 0 saturated carbocycles. The molecule has 1 N–H and O–H groups in total. The quantitative estimate of drug-likeness (QED) is 0.645. The lowest BCUT2D eigenvalue weighted by atomic mass is 10.2. The summed E-state index contributed by atoms with van der Waals surface area (Å²) in [5.41, 5.74) is 0. The number of hydrogen-bond acceptors (Lipinski definition) is 3. The topological polar surface area (TPSA) is 30.5 Å². The largest absolute Gasteiger partial charge is 0.483 e. The number of fused-ring (bicyclic) bond motifs is 1. The van der Waals surface area contributed by atoms with Crippen LogP contribution < -0.4 is 14.8 Å². The lowest BCUT2D eigenvalue weighted by Gasteiger charge is -2.26. The van der Waals surface area contributed by atoms with Crippen LogP contribution in [0.1, 0.15) is 0 Å². The van der Waals surface area contributed by atoms with Crippen LogP contribution in [-0.4, -0.2) is 25.8 Å². The van der Waals surface area contributed by atoms with Crippen LogP contribution in [-0.2, 0) is 0 Å². The van der Waals surface area contributed by atoms with E-state index in [0.29, 0.717) is 13.1 Å². The number of rotatable bonds is 4. The summed E-state index contributed by atoms with van der Waals surface area (Å²) in [4.78, 5) is 0. The fourth-order valence-electron chi connectivity index (χ4n) is 1.60. The van der Waals surface area contributed by atoms with Gasteiger partial charge in [0.05, 0.1) is 0 Å². The predicted octanol–water partition coefficient (Wildman–Crippen LogP) is 1.88. The van der Waals surface area contributed by atoms with E-state index in [4.69, 9.17) is 9.47 Å². The third-order valence-corrected chi connectivity index (χ3v) is 2.34. The molecule has 0 radical (unpaired) electrons. The van der Waals surface area contributed by atoms with Gasteiger partial charge in [-0.25, -0.2) is 8.78 Å². The highest BCUT2D eigenvalue weighted by atomic mass is 19.1. The molecule has 5 heteroatoms. The van der Waals surface area contributed by atoms with Gasteiger partial charge in [0.15, 0.2) is 17.3 Å². The fraction of sp³-hybridized carbons (Fsp3) is 0.333. The van der Waals surface area contributed by atoms with Crippen LogP contribution in [0, 0.1) is 11.6 Å². The highest BCUT2D eigenvalue weighted by molar-refractivity contribution is 5.42. The monoisotopic (exact) mass is 241 g/mol. The Bertz CT molecular complexity index is 423. The summed E-state index contributed by atoms with van der Waals surface area (Å²) in [6.07, 6.45) is 1.46. The molecule has 1 aliphatic heterocycles. The standard InChI is InChI=1S/C12H13F2NO2/c1-2-3-15-6-9-7-16-12-10(14)4-8(13)5-11(12)17-9/h2,4-5,9,15H,1,3,6-7H2. The summed E-state index contributed by atoms with van der Waals surface area (Å²) in [5.74, 6) is -1.33. The van der Waals surface area contributed by atoms with Crippen molar-refractivity contribution in [3.05, 3.63) is 36.4 Å². The SMILES string of the molecule is C=CCNCC1COc2c(F)cc(F)cc2O1. The number of hydrogen-bond donors (Lipinski definition) is 1. The maximum atomic E-state index is 13.3. The molecule has 1 aliphatic rings. The molecule has 0 bridgehead atoms. The molecule has 0 aliphatic carbocycles. The summed E-state index contributed by atoms with van der Waals surface area (Å²) in [7, 11) is 0. The van der Waals surface area contributed by atoms with Gasteiger partial charge < -0.3 is 14.8 Å². The van der Waals surface area contributed by atoms with Gasteiger partial charge in [-0.15, -0.1) is 6.58 Å². The van der Waals surface area contributed by atoms with Crippen molar-refractivity contribution in [1.29, 1.82) is 0 Å². The average Bonchev–Trinajstić information content (AvgIpc) is 2.28. The van der Waals surface area contributed by atoms with Crippen LogP contribution in [0.15, 0.2) is 24.8 Å². The first-order valence-corrected chi connectivity index (χ1v) is 5.31. The van der Waals surface area contributed by atoms with Gasteiger partial charge in [0, 0.05) is 25.2 Å². The molecule has 1 unspecified atom stereocenters. The van der Waals surface area contributed by atoms with Crippen molar-refractivity contribution in [3.8, 4) is 11.5 Å². The van der Waals surface area contributed by atoms with Crippen LogP contribution in [0.25, 0.3) is 0 Å². The number of nitrogens with one attached hydrogen (secondary N) is 1. The maximum Gasteiger partial charge on any atom is 0.197 e. The first-order valence-electron chi connectivity index (χ1n) is 5.31. The van der Waals surface area contributed by atoms with Crippen LogP contribution in [0.5, 0.6) is 11.5 Å². The van der Waals surface area contributed by atoms with Gasteiger partial charge in [-0.2, -0.15) is 0 Å². The molecule has 0 aromatic heterocycles. The molecular weight excluding hydrogens is 228 g/mol. The van der Waals surface area contributed by atoms with E-state index in [9.17, 15) is 8.78 Å². The molecule has 0 saturated heterocycles. The van der Waals surface area contributed by atoms with Crippen molar-refractivity contribution >= 4 is 0 Å². The molecule has 0 spiro atoms. The Labute approximate surface area is 98.0 Å². The van der Waals surface area contributed by atoms with Crippen LogP contribution >= 0.6 is 0 Å². The van der Waals surface area contributed by atoms with Crippen molar-refractivity contribution in [2.45, 2.75) is 6.10 Å². The Morgan fingerprint density at radius 3 is 3.06 bits per heavy atom. The van der Waals surface area contributed by atoms with Crippen LogP contribution in [0.4, 0.5) is 8.78 Å². The van der Waals surface area contributed by atoms with Crippen molar-refractivity contribution in [3.63, 3.8) is 0 Å². The van der Waals surface area contributed by atoms with E-state index < -0.39 is 11.6 Å². The molecule has 1 heterocycles. The molecule has 1 aromatic rings. The smallest absolute Gasteiger partial charge is 0.197 e. The molecule has 0 fully saturated rings. The van der Waals surface area contributed by atoms with E-state index in [-0.39, 0.29) is 24.2 Å². The Balaban J connectivity index is 2.05. The van der Waals surface area contributed by atoms with E-state index in [2.05, 4.69) is 11.9 Å². The highest BCUT2D eigenvalue weighted by Crippen LogP contribution is 2.34. The van der Waals surface area contributed by atoms with Crippen molar-refractivity contribution < 1.29 is 18.3 Å². The lowest BCUT2D eigenvalue weighted by Crippen LogP contribution is -2.38. The molecule has 17 heavy (non-hydrogen) atoms. The van der Waals surface area contributed by atoms with Gasteiger partial charge in [-0.05, 0) is 0 Å². The lowest BCUT2D eigenvalue weighted by molar-refractivity contribution is 0.0862. The summed E-state index contributed by atoms with van der Waals surface area (Å²) in [6.45, 7) is 4.98. The molecule has 0 amide bonds. The zero-order valence-corrected chi connectivity index (χ0v) is 9.21. The van der Waals surface area contributed by atoms with Gasteiger partial charge in [-0.3, -0.25) is 0 Å². The van der Waals surface area contributed by atoms with Crippen LogP contribution in [0.3, 0.4) is 0 Å². The molecule has 3 nitrogen and oxygen atoms in total. The van der Waals surface area contributed by atoms with Crippen molar-refractivity contribution in [1.82, 2.24) is 5.32 Å². The Morgan fingerprint density at radius 1 is 1.47 bits per heavy atom. The number of halogens is 2. The number of ether oxygens (including phenoxy) is 2. The molecule has 2 rings (SSSR count). The van der Waals surface area contributed by atoms with E-state index in [1.54, 1.807) is 6.08 Å². The minimum atomic E-state index is -0.738. The summed E-state index contributed by atoms with van der Waals surface area (Å²) in [5, 5.41) is 3.05. The van der Waals surface area contributed by atoms with E-state index in [0.717, 1.165) is 12.1 Å². The second-order valence-electron chi connectivity index (χ2n) is 3.71. The Morgan fingerprint density at radius 2 is 2.29 bits per heavy atom. The Hall–Kier alpha value is -1.62. The fourth-order valence-corrected chi connectivity index (χ4v) is 1.60. The van der Waals surface area contributed by atoms with Crippen molar-refractivity contribution in [2.75, 3.05) is 19.7 Å². The zero-order valence-electron chi connectivity index (χ0n) is 9.21. The van der Waals surface area contributed by atoms with Gasteiger partial charge in [0.25, 0.3) is 0 Å². The second kappa shape index (κ2) is 5.14. The summed E-state index contributed by atoms with van der Waals surface area (Å²) in [6, 6.07) is 1.90. The van der Waals surface area contributed by atoms with E-state index >= 15 is 0 Å². The summed E-state index contributed by atoms with van der Waals surface area (Å²) >= 11 is 0. The molecular formula is C12H13F2NO2. The van der Waals surface area contributed by atoms with Crippen LogP contribution in [0.2, 0.25) is 0 Å². The van der Waals surface area contributed by atoms with Gasteiger partial charge in [-0.1, -0.05) is 6.08 Å². The Kier molecular flexibility index (Phi) is 3.58. The van der Waals surface area contributed by atoms with E-state index in [1.165, 1.54) is 0 Å². The molecule has 1 aromatic carbocycles. The van der Waals surface area contributed by atoms with E-state index in [1.807, 2.05) is 0 Å². The van der Waals surface area contributed by atoms with Gasteiger partial charge in [0.2, 0.25) is 0 Å². The minimum Gasteiger partial charge on any atom is -0.483 e. The first kappa shape index (κ1) is 11.9. The third-order valence-electron chi connectivity index (χ3n) is 2.34. The third kappa shape index (κ3) is 2.74. The number of benzene rings is 1. The predicted molar refractivity (Wildman–Crippen MR) is 59.3 cm³/mol.